The topological polar surface area (TPSA) is 96.7 Å². The first kappa shape index (κ1) is 19.8. The molecule has 1 atom stereocenters. The van der Waals surface area contributed by atoms with E-state index in [-0.39, 0.29) is 17.6 Å². The van der Waals surface area contributed by atoms with Crippen molar-refractivity contribution >= 4 is 17.7 Å². The third-order valence-electron chi connectivity index (χ3n) is 4.25. The monoisotopic (exact) mass is 373 g/mol. The van der Waals surface area contributed by atoms with Crippen molar-refractivity contribution in [1.82, 2.24) is 20.1 Å². The van der Waals surface area contributed by atoms with E-state index in [0.29, 0.717) is 17.5 Å². The SMILES string of the molecule is C=CCn1c(SCC(=O)NC(C)(C#N)C(C)C)nnc1-c1ccoc1C. The van der Waals surface area contributed by atoms with Crippen LogP contribution >= 0.6 is 11.8 Å². The summed E-state index contributed by atoms with van der Waals surface area (Å²) in [7, 11) is 0. The summed E-state index contributed by atoms with van der Waals surface area (Å²) in [5.41, 5.74) is -0.0431. The minimum Gasteiger partial charge on any atom is -0.469 e. The second-order valence-electron chi connectivity index (χ2n) is 6.40. The highest BCUT2D eigenvalue weighted by Gasteiger charge is 2.30. The van der Waals surface area contributed by atoms with E-state index in [4.69, 9.17) is 4.42 Å². The lowest BCUT2D eigenvalue weighted by Crippen LogP contribution is -2.49. The minimum atomic E-state index is -0.897. The van der Waals surface area contributed by atoms with Crippen molar-refractivity contribution < 1.29 is 9.21 Å². The van der Waals surface area contributed by atoms with Crippen LogP contribution in [0, 0.1) is 24.2 Å². The van der Waals surface area contributed by atoms with Crippen molar-refractivity contribution in [1.29, 1.82) is 5.26 Å². The smallest absolute Gasteiger partial charge is 0.231 e. The van der Waals surface area contributed by atoms with Crippen LogP contribution in [0.5, 0.6) is 0 Å². The van der Waals surface area contributed by atoms with Crippen LogP contribution in [0.2, 0.25) is 0 Å². The highest BCUT2D eigenvalue weighted by molar-refractivity contribution is 7.99. The number of aryl methyl sites for hydroxylation is 1. The van der Waals surface area contributed by atoms with E-state index in [1.165, 1.54) is 11.8 Å². The summed E-state index contributed by atoms with van der Waals surface area (Å²) in [6.45, 7) is 11.7. The van der Waals surface area contributed by atoms with Gasteiger partial charge in [-0.05, 0) is 25.8 Å². The molecule has 0 saturated carbocycles. The van der Waals surface area contributed by atoms with Gasteiger partial charge in [0.15, 0.2) is 11.0 Å². The molecule has 0 radical (unpaired) electrons. The number of carbonyl (C=O) groups excluding carboxylic acids is 1. The molecule has 2 aromatic heterocycles. The maximum atomic E-state index is 12.3. The molecule has 2 rings (SSSR count). The summed E-state index contributed by atoms with van der Waals surface area (Å²) in [6, 6.07) is 4.00. The summed E-state index contributed by atoms with van der Waals surface area (Å²) in [5, 5.41) is 21.2. The van der Waals surface area contributed by atoms with Gasteiger partial charge in [-0.3, -0.25) is 9.36 Å². The van der Waals surface area contributed by atoms with Crippen molar-refractivity contribution in [3.05, 3.63) is 30.7 Å². The van der Waals surface area contributed by atoms with Gasteiger partial charge in [0.2, 0.25) is 5.91 Å². The van der Waals surface area contributed by atoms with Gasteiger partial charge in [0.1, 0.15) is 11.3 Å². The first-order valence-electron chi connectivity index (χ1n) is 8.26. The fraction of sp³-hybridized carbons (Fsp3) is 0.444. The number of hydrogen-bond donors (Lipinski definition) is 1. The van der Waals surface area contributed by atoms with Gasteiger partial charge < -0.3 is 9.73 Å². The molecule has 138 valence electrons. The second-order valence-corrected chi connectivity index (χ2v) is 7.34. The van der Waals surface area contributed by atoms with Gasteiger partial charge in [0.05, 0.1) is 23.6 Å². The number of allylic oxidation sites excluding steroid dienone is 1. The number of nitriles is 1. The zero-order valence-corrected chi connectivity index (χ0v) is 16.3. The van der Waals surface area contributed by atoms with E-state index < -0.39 is 5.54 Å². The molecular formula is C18H23N5O2S. The average Bonchev–Trinajstić information content (AvgIpc) is 3.19. The fourth-order valence-corrected chi connectivity index (χ4v) is 3.01. The molecule has 2 aromatic rings. The third-order valence-corrected chi connectivity index (χ3v) is 5.21. The van der Waals surface area contributed by atoms with E-state index in [9.17, 15) is 10.1 Å². The Morgan fingerprint density at radius 1 is 1.58 bits per heavy atom. The molecule has 8 heteroatoms. The van der Waals surface area contributed by atoms with Gasteiger partial charge in [-0.25, -0.2) is 0 Å². The molecule has 2 heterocycles. The molecule has 0 bridgehead atoms. The second kappa shape index (κ2) is 8.23. The van der Waals surface area contributed by atoms with Crippen LogP contribution in [-0.4, -0.2) is 32.0 Å². The Morgan fingerprint density at radius 3 is 2.85 bits per heavy atom. The number of amides is 1. The fourth-order valence-electron chi connectivity index (χ4n) is 2.26. The molecular weight excluding hydrogens is 350 g/mol. The Bertz CT molecular complexity index is 833. The lowest BCUT2D eigenvalue weighted by Gasteiger charge is -2.27. The first-order chi connectivity index (χ1) is 12.3. The van der Waals surface area contributed by atoms with Crippen LogP contribution in [0.25, 0.3) is 11.4 Å². The summed E-state index contributed by atoms with van der Waals surface area (Å²) in [6.07, 6.45) is 3.35. The average molecular weight is 373 g/mol. The maximum Gasteiger partial charge on any atom is 0.231 e. The predicted octanol–water partition coefficient (Wildman–Crippen LogP) is 3.18. The molecule has 0 aromatic carbocycles. The Balaban J connectivity index is 2.14. The van der Waals surface area contributed by atoms with Gasteiger partial charge in [-0.15, -0.1) is 16.8 Å². The van der Waals surface area contributed by atoms with Crippen molar-refractivity contribution in [2.24, 2.45) is 5.92 Å². The third kappa shape index (κ3) is 4.17. The minimum absolute atomic E-state index is 0.00142. The summed E-state index contributed by atoms with van der Waals surface area (Å²) >= 11 is 1.27. The van der Waals surface area contributed by atoms with Gasteiger partial charge in [-0.1, -0.05) is 31.7 Å². The molecule has 0 spiro atoms. The Labute approximate surface area is 157 Å². The highest BCUT2D eigenvalue weighted by atomic mass is 32.2. The number of rotatable bonds is 8. The zero-order valence-electron chi connectivity index (χ0n) is 15.4. The van der Waals surface area contributed by atoms with Crippen molar-refractivity contribution in [2.45, 2.75) is 44.9 Å². The molecule has 0 fully saturated rings. The zero-order chi connectivity index (χ0) is 19.3. The molecule has 0 aliphatic rings. The number of nitrogens with zero attached hydrogens (tertiary/aromatic N) is 4. The summed E-state index contributed by atoms with van der Waals surface area (Å²) < 4.78 is 7.22. The van der Waals surface area contributed by atoms with E-state index in [0.717, 1.165) is 11.3 Å². The molecule has 0 aliphatic heterocycles. The molecule has 0 aliphatic carbocycles. The maximum absolute atomic E-state index is 12.3. The predicted molar refractivity (Wildman–Crippen MR) is 100 cm³/mol. The summed E-state index contributed by atoms with van der Waals surface area (Å²) in [5.74, 6) is 1.34. The van der Waals surface area contributed by atoms with Crippen molar-refractivity contribution in [2.75, 3.05) is 5.75 Å². The Kier molecular flexibility index (Phi) is 6.27. The number of carbonyl (C=O) groups is 1. The van der Waals surface area contributed by atoms with Gasteiger partial charge in [0.25, 0.3) is 0 Å². The van der Waals surface area contributed by atoms with Gasteiger partial charge in [-0.2, -0.15) is 5.26 Å². The van der Waals surface area contributed by atoms with Crippen LogP contribution < -0.4 is 5.32 Å². The Hall–Kier alpha value is -2.53. The number of nitrogens with one attached hydrogen (secondary N) is 1. The van der Waals surface area contributed by atoms with Gasteiger partial charge >= 0.3 is 0 Å². The van der Waals surface area contributed by atoms with Crippen molar-refractivity contribution in [3.8, 4) is 17.5 Å². The number of hydrogen-bond acceptors (Lipinski definition) is 6. The molecule has 0 saturated heterocycles. The standard InChI is InChI=1S/C18H23N5O2S/c1-6-8-23-16(14-7-9-25-13(14)4)21-22-17(23)26-10-15(24)20-18(5,11-19)12(2)3/h6-7,9,12H,1,8,10H2,2-5H3,(H,20,24). The van der Waals surface area contributed by atoms with E-state index >= 15 is 0 Å². The van der Waals surface area contributed by atoms with Crippen LogP contribution in [0.1, 0.15) is 26.5 Å². The van der Waals surface area contributed by atoms with Crippen molar-refractivity contribution in [3.63, 3.8) is 0 Å². The van der Waals surface area contributed by atoms with E-state index in [1.807, 2.05) is 31.4 Å². The molecule has 1 unspecified atom stereocenters. The van der Waals surface area contributed by atoms with E-state index in [1.54, 1.807) is 19.3 Å². The molecule has 1 amide bonds. The number of thioether (sulfide) groups is 1. The molecule has 26 heavy (non-hydrogen) atoms. The molecule has 7 nitrogen and oxygen atoms in total. The Morgan fingerprint density at radius 2 is 2.31 bits per heavy atom. The largest absolute Gasteiger partial charge is 0.469 e. The van der Waals surface area contributed by atoms with Crippen LogP contribution in [0.3, 0.4) is 0 Å². The first-order valence-corrected chi connectivity index (χ1v) is 9.24. The quantitative estimate of drug-likeness (QED) is 0.564. The number of furan rings is 1. The number of aromatic nitrogens is 3. The lowest BCUT2D eigenvalue weighted by atomic mass is 9.90. The molecule has 1 N–H and O–H groups in total. The van der Waals surface area contributed by atoms with Crippen LogP contribution in [-0.2, 0) is 11.3 Å². The summed E-state index contributed by atoms with van der Waals surface area (Å²) in [4.78, 5) is 12.3. The van der Waals surface area contributed by atoms with Crippen LogP contribution in [0.15, 0.2) is 34.6 Å². The van der Waals surface area contributed by atoms with Crippen LogP contribution in [0.4, 0.5) is 0 Å². The van der Waals surface area contributed by atoms with E-state index in [2.05, 4.69) is 28.2 Å². The highest BCUT2D eigenvalue weighted by Crippen LogP contribution is 2.27. The van der Waals surface area contributed by atoms with Gasteiger partial charge in [0, 0.05) is 6.54 Å². The lowest BCUT2D eigenvalue weighted by molar-refractivity contribution is -0.120. The normalized spacial score (nSPS) is 13.2.